The Morgan fingerprint density at radius 1 is 1.24 bits per heavy atom. The number of ether oxygens (including phenoxy) is 1. The Morgan fingerprint density at radius 2 is 2.00 bits per heavy atom. The molecule has 3 aromatic rings. The summed E-state index contributed by atoms with van der Waals surface area (Å²) >= 11 is 1.68. The summed E-state index contributed by atoms with van der Waals surface area (Å²) in [4.78, 5) is 16.3. The van der Waals surface area contributed by atoms with Crippen molar-refractivity contribution in [3.8, 4) is 27.4 Å². The summed E-state index contributed by atoms with van der Waals surface area (Å²) in [5.41, 5.74) is 5.50. The van der Waals surface area contributed by atoms with E-state index in [1.165, 1.54) is 5.56 Å². The number of methoxy groups -OCH3 is 1. The van der Waals surface area contributed by atoms with Gasteiger partial charge in [0.1, 0.15) is 19.3 Å². The molecule has 1 aliphatic rings. The van der Waals surface area contributed by atoms with E-state index >= 15 is 0 Å². The lowest BCUT2D eigenvalue weighted by atomic mass is 9.86. The maximum atomic E-state index is 13.4. The number of rotatable bonds is 3. The Hall–Kier alpha value is -2.47. The second-order valence-corrected chi connectivity index (χ2v) is 9.40. The van der Waals surface area contributed by atoms with Crippen LogP contribution in [-0.4, -0.2) is 42.9 Å². The molecule has 0 fully saturated rings. The first-order valence-corrected chi connectivity index (χ1v) is 10.6. The molecule has 2 aromatic heterocycles. The average molecular weight is 404 g/mol. The van der Waals surface area contributed by atoms with E-state index in [1.807, 2.05) is 57.0 Å². The van der Waals surface area contributed by atoms with Crippen molar-refractivity contribution in [3.63, 3.8) is 0 Å². The normalized spacial score (nSPS) is 13.0. The zero-order valence-electron chi connectivity index (χ0n) is 17.6. The summed E-state index contributed by atoms with van der Waals surface area (Å²) in [5.74, 6) is 0.733. The third-order valence-electron chi connectivity index (χ3n) is 5.73. The molecular formula is C23H25BN2O2S. The number of amides is 1. The summed E-state index contributed by atoms with van der Waals surface area (Å²) in [6.45, 7) is 6.90. The molecule has 0 spiro atoms. The van der Waals surface area contributed by atoms with Gasteiger partial charge in [-0.2, -0.15) is 0 Å². The maximum Gasteiger partial charge on any atom is 0.270 e. The van der Waals surface area contributed by atoms with Gasteiger partial charge in [-0.1, -0.05) is 17.6 Å². The van der Waals surface area contributed by atoms with Gasteiger partial charge in [-0.3, -0.25) is 4.79 Å². The van der Waals surface area contributed by atoms with Gasteiger partial charge in [0.15, 0.2) is 0 Å². The number of hydrogen-bond donors (Lipinski definition) is 0. The van der Waals surface area contributed by atoms with Gasteiger partial charge in [0, 0.05) is 35.1 Å². The van der Waals surface area contributed by atoms with Crippen molar-refractivity contribution in [1.29, 1.82) is 0 Å². The van der Waals surface area contributed by atoms with Gasteiger partial charge < -0.3 is 14.2 Å². The average Bonchev–Trinajstić information content (AvgIpc) is 3.33. The molecule has 148 valence electrons. The van der Waals surface area contributed by atoms with Gasteiger partial charge in [-0.05, 0) is 56.3 Å². The van der Waals surface area contributed by atoms with Crippen LogP contribution in [0.3, 0.4) is 0 Å². The minimum Gasteiger partial charge on any atom is -0.497 e. The zero-order chi connectivity index (χ0) is 20.9. The third kappa shape index (κ3) is 3.29. The van der Waals surface area contributed by atoms with Crippen LogP contribution in [0.15, 0.2) is 35.7 Å². The first-order chi connectivity index (χ1) is 13.7. The van der Waals surface area contributed by atoms with Crippen LogP contribution in [0.1, 0.15) is 36.8 Å². The number of hydrogen-bond acceptors (Lipinski definition) is 3. The molecule has 1 aliphatic heterocycles. The van der Waals surface area contributed by atoms with Crippen LogP contribution in [0.5, 0.6) is 5.75 Å². The van der Waals surface area contributed by atoms with Crippen molar-refractivity contribution in [2.45, 2.75) is 39.3 Å². The number of aromatic nitrogens is 1. The van der Waals surface area contributed by atoms with Gasteiger partial charge in [0.2, 0.25) is 0 Å². The van der Waals surface area contributed by atoms with Crippen LogP contribution in [0.25, 0.3) is 21.7 Å². The Morgan fingerprint density at radius 3 is 2.62 bits per heavy atom. The Labute approximate surface area is 177 Å². The van der Waals surface area contributed by atoms with Crippen molar-refractivity contribution >= 4 is 30.6 Å². The number of benzene rings is 1. The summed E-state index contributed by atoms with van der Waals surface area (Å²) < 4.78 is 7.58. The van der Waals surface area contributed by atoms with Crippen molar-refractivity contribution in [1.82, 2.24) is 9.47 Å². The molecular weight excluding hydrogens is 379 g/mol. The number of fused-ring (bicyclic) bond motifs is 3. The fourth-order valence-electron chi connectivity index (χ4n) is 3.82. The summed E-state index contributed by atoms with van der Waals surface area (Å²) in [5, 5.41) is 2.06. The Balaban J connectivity index is 1.95. The lowest BCUT2D eigenvalue weighted by Gasteiger charge is -2.32. The predicted octanol–water partition coefficient (Wildman–Crippen LogP) is 4.11. The lowest BCUT2D eigenvalue weighted by Crippen LogP contribution is -2.43. The molecule has 1 amide bonds. The molecule has 4 nitrogen and oxygen atoms in total. The topological polar surface area (TPSA) is 34.5 Å². The minimum atomic E-state index is -0.255. The number of carbonyl (C=O) groups excluding carboxylic acids is 1. The molecule has 0 N–H and O–H groups in total. The van der Waals surface area contributed by atoms with Crippen LogP contribution >= 0.6 is 11.3 Å². The van der Waals surface area contributed by atoms with Crippen molar-refractivity contribution in [2.75, 3.05) is 14.2 Å². The highest BCUT2D eigenvalue weighted by Crippen LogP contribution is 2.42. The first-order valence-electron chi connectivity index (χ1n) is 9.74. The molecule has 6 heteroatoms. The quantitative estimate of drug-likeness (QED) is 0.616. The monoisotopic (exact) mass is 404 g/mol. The van der Waals surface area contributed by atoms with E-state index in [1.54, 1.807) is 18.4 Å². The summed E-state index contributed by atoms with van der Waals surface area (Å²) in [6.07, 6.45) is 0.830. The molecule has 0 saturated carbocycles. The van der Waals surface area contributed by atoms with Crippen LogP contribution in [0.2, 0.25) is 0 Å². The third-order valence-corrected chi connectivity index (χ3v) is 6.63. The number of carbonyl (C=O) groups is 1. The zero-order valence-corrected chi connectivity index (χ0v) is 18.4. The first kappa shape index (κ1) is 19.8. The molecule has 29 heavy (non-hydrogen) atoms. The van der Waals surface area contributed by atoms with Gasteiger partial charge >= 0.3 is 0 Å². The molecule has 1 aromatic carbocycles. The minimum absolute atomic E-state index is 0.0338. The largest absolute Gasteiger partial charge is 0.497 e. The second kappa shape index (κ2) is 7.10. The lowest BCUT2D eigenvalue weighted by molar-refractivity contribution is 0.0644. The van der Waals surface area contributed by atoms with Crippen LogP contribution in [0.4, 0.5) is 0 Å². The highest BCUT2D eigenvalue weighted by molar-refractivity contribution is 7.13. The van der Waals surface area contributed by atoms with Crippen LogP contribution in [0, 0.1) is 0 Å². The molecule has 0 aliphatic carbocycles. The SMILES string of the molecule is [B]c1cc2c(cc1OC)CCn1c(C(=O)N(C)C(C)(C)C)cc(-c3cccs3)c1-2. The molecule has 0 bridgehead atoms. The number of aryl methyl sites for hydroxylation is 1. The number of thiophene rings is 1. The van der Waals surface area contributed by atoms with E-state index in [9.17, 15) is 4.79 Å². The van der Waals surface area contributed by atoms with Crippen molar-refractivity contribution in [3.05, 3.63) is 47.0 Å². The fourth-order valence-corrected chi connectivity index (χ4v) is 4.56. The number of nitrogens with zero attached hydrogens (tertiary/aromatic N) is 2. The van der Waals surface area contributed by atoms with Crippen molar-refractivity contribution in [2.24, 2.45) is 0 Å². The summed E-state index contributed by atoms with van der Waals surface area (Å²) in [6, 6.07) is 10.2. The highest BCUT2D eigenvalue weighted by atomic mass is 32.1. The van der Waals surface area contributed by atoms with E-state index in [2.05, 4.69) is 16.0 Å². The van der Waals surface area contributed by atoms with Gasteiger partial charge in [-0.25, -0.2) is 0 Å². The smallest absolute Gasteiger partial charge is 0.270 e. The summed E-state index contributed by atoms with van der Waals surface area (Å²) in [7, 11) is 9.75. The van der Waals surface area contributed by atoms with E-state index < -0.39 is 0 Å². The van der Waals surface area contributed by atoms with E-state index in [0.29, 0.717) is 11.2 Å². The molecule has 0 saturated heterocycles. The Kier molecular flexibility index (Phi) is 4.85. The Bertz CT molecular complexity index is 1080. The van der Waals surface area contributed by atoms with E-state index in [0.717, 1.165) is 40.4 Å². The molecule has 4 rings (SSSR count). The van der Waals surface area contributed by atoms with Crippen LogP contribution in [-0.2, 0) is 13.0 Å². The predicted molar refractivity (Wildman–Crippen MR) is 121 cm³/mol. The van der Waals surface area contributed by atoms with Crippen molar-refractivity contribution < 1.29 is 9.53 Å². The van der Waals surface area contributed by atoms with Gasteiger partial charge in [0.25, 0.3) is 5.91 Å². The molecule has 3 heterocycles. The second-order valence-electron chi connectivity index (χ2n) is 8.46. The molecule has 0 atom stereocenters. The standard InChI is InChI=1S/C23H25BN2O2S/c1-23(2,3)25(4)22(27)18-13-16(20-7-6-10-29-20)21-15-12-17(24)19(28-5)11-14(15)8-9-26(18)21/h6-7,10-13H,8-9H2,1-5H3. The van der Waals surface area contributed by atoms with Crippen LogP contribution < -0.4 is 10.2 Å². The molecule has 2 radical (unpaired) electrons. The van der Waals surface area contributed by atoms with E-state index in [-0.39, 0.29) is 11.4 Å². The van der Waals surface area contributed by atoms with E-state index in [4.69, 9.17) is 12.6 Å². The highest BCUT2D eigenvalue weighted by Gasteiger charge is 2.31. The fraction of sp³-hybridized carbons (Fsp3) is 0.348. The maximum absolute atomic E-state index is 13.4. The molecule has 0 unspecified atom stereocenters. The van der Waals surface area contributed by atoms with Gasteiger partial charge in [-0.15, -0.1) is 11.3 Å². The van der Waals surface area contributed by atoms with Gasteiger partial charge in [0.05, 0.1) is 12.8 Å².